The normalized spacial score (nSPS) is 14.2. The lowest BCUT2D eigenvalue weighted by Gasteiger charge is -2.11. The van der Waals surface area contributed by atoms with Gasteiger partial charge >= 0.3 is 5.97 Å². The van der Waals surface area contributed by atoms with Gasteiger partial charge in [0.25, 0.3) is 0 Å². The van der Waals surface area contributed by atoms with E-state index in [2.05, 4.69) is 5.32 Å². The van der Waals surface area contributed by atoms with Crippen molar-refractivity contribution < 1.29 is 19.4 Å². The molecule has 1 saturated heterocycles. The highest BCUT2D eigenvalue weighted by Gasteiger charge is 2.09. The van der Waals surface area contributed by atoms with Crippen molar-refractivity contribution in [3.8, 4) is 5.75 Å². The van der Waals surface area contributed by atoms with Crippen LogP contribution in [0, 0.1) is 13.8 Å². The fourth-order valence-electron chi connectivity index (χ4n) is 1.96. The molecule has 0 atom stereocenters. The fourth-order valence-corrected chi connectivity index (χ4v) is 1.96. The molecule has 2 N–H and O–H groups in total. The summed E-state index contributed by atoms with van der Waals surface area (Å²) in [6.07, 6.45) is 0. The number of carboxylic acids is 1. The van der Waals surface area contributed by atoms with Crippen molar-refractivity contribution in [2.24, 2.45) is 0 Å². The van der Waals surface area contributed by atoms with Gasteiger partial charge in [0, 0.05) is 13.1 Å². The minimum absolute atomic E-state index is 0.309. The third kappa shape index (κ3) is 5.19. The maximum Gasteiger partial charge on any atom is 0.335 e. The summed E-state index contributed by atoms with van der Waals surface area (Å²) in [4.78, 5) is 10.7. The van der Waals surface area contributed by atoms with Gasteiger partial charge in [0.15, 0.2) is 0 Å². The van der Waals surface area contributed by atoms with Gasteiger partial charge in [-0.25, -0.2) is 4.79 Å². The van der Waals surface area contributed by atoms with Gasteiger partial charge in [-0.05, 0) is 44.0 Å². The van der Waals surface area contributed by atoms with Crippen LogP contribution >= 0.6 is 0 Å². The summed E-state index contributed by atoms with van der Waals surface area (Å²) < 4.78 is 10.4. The van der Waals surface area contributed by atoms with Gasteiger partial charge in [0.05, 0.1) is 25.4 Å². The van der Waals surface area contributed by atoms with Crippen LogP contribution in [0.4, 0.5) is 0 Å². The molecule has 0 bridgehead atoms. The molecule has 112 valence electrons. The van der Waals surface area contributed by atoms with Gasteiger partial charge in [-0.3, -0.25) is 0 Å². The Morgan fingerprint density at radius 1 is 1.30 bits per heavy atom. The Hall–Kier alpha value is -1.59. The third-order valence-electron chi connectivity index (χ3n) is 2.84. The van der Waals surface area contributed by atoms with E-state index in [1.807, 2.05) is 20.8 Å². The van der Waals surface area contributed by atoms with Crippen LogP contribution in [0.2, 0.25) is 0 Å². The van der Waals surface area contributed by atoms with Crippen molar-refractivity contribution in [2.75, 3.05) is 32.9 Å². The zero-order valence-corrected chi connectivity index (χ0v) is 12.4. The predicted molar refractivity (Wildman–Crippen MR) is 77.7 cm³/mol. The van der Waals surface area contributed by atoms with Gasteiger partial charge in [-0.15, -0.1) is 0 Å². The van der Waals surface area contributed by atoms with Gasteiger partial charge in [-0.2, -0.15) is 0 Å². The number of ether oxygens (including phenoxy) is 2. The number of morpholine rings is 1. The highest BCUT2D eigenvalue weighted by atomic mass is 16.5. The number of rotatable bonds is 3. The molecule has 0 aliphatic carbocycles. The van der Waals surface area contributed by atoms with Crippen LogP contribution in [0.3, 0.4) is 0 Å². The molecule has 0 spiro atoms. The van der Waals surface area contributed by atoms with Crippen LogP contribution in [0.5, 0.6) is 5.75 Å². The zero-order chi connectivity index (χ0) is 15.0. The van der Waals surface area contributed by atoms with Crippen LogP contribution in [0.15, 0.2) is 12.1 Å². The molecule has 1 fully saturated rings. The van der Waals surface area contributed by atoms with E-state index < -0.39 is 5.97 Å². The van der Waals surface area contributed by atoms with Crippen LogP contribution in [-0.2, 0) is 4.74 Å². The topological polar surface area (TPSA) is 67.8 Å². The van der Waals surface area contributed by atoms with Crippen LogP contribution < -0.4 is 10.1 Å². The van der Waals surface area contributed by atoms with Gasteiger partial charge < -0.3 is 19.9 Å². The number of aryl methyl sites for hydroxylation is 2. The van der Waals surface area contributed by atoms with E-state index >= 15 is 0 Å². The SMILES string of the molecule is C1COCCN1.CCOc1c(C)cc(C(=O)O)cc1C. The number of hydrogen-bond donors (Lipinski definition) is 2. The van der Waals surface area contributed by atoms with E-state index in [1.54, 1.807) is 12.1 Å². The number of aromatic carboxylic acids is 1. The number of carboxylic acid groups (broad SMARTS) is 1. The first-order valence-electron chi connectivity index (χ1n) is 6.82. The summed E-state index contributed by atoms with van der Waals surface area (Å²) in [5, 5.41) is 12.0. The second-order valence-electron chi connectivity index (χ2n) is 4.54. The Morgan fingerprint density at radius 3 is 2.15 bits per heavy atom. The molecule has 20 heavy (non-hydrogen) atoms. The lowest BCUT2D eigenvalue weighted by atomic mass is 10.1. The van der Waals surface area contributed by atoms with Gasteiger partial charge in [0.1, 0.15) is 5.75 Å². The van der Waals surface area contributed by atoms with E-state index in [0.717, 1.165) is 43.2 Å². The standard InChI is InChI=1S/C11H14O3.C4H9NO/c1-4-14-10-7(2)5-9(11(12)13)6-8(10)3;1-3-6-4-2-5-1/h5-6H,4H2,1-3H3,(H,12,13);5H,1-4H2. The molecule has 2 rings (SSSR count). The minimum Gasteiger partial charge on any atom is -0.493 e. The summed E-state index contributed by atoms with van der Waals surface area (Å²) in [5.74, 6) is -0.114. The molecule has 0 amide bonds. The quantitative estimate of drug-likeness (QED) is 0.887. The first-order valence-corrected chi connectivity index (χ1v) is 6.82. The average Bonchev–Trinajstić information content (AvgIpc) is 2.45. The van der Waals surface area contributed by atoms with Crippen molar-refractivity contribution in [1.29, 1.82) is 0 Å². The summed E-state index contributed by atoms with van der Waals surface area (Å²) >= 11 is 0. The van der Waals surface area contributed by atoms with Crippen molar-refractivity contribution >= 4 is 5.97 Å². The summed E-state index contributed by atoms with van der Waals surface area (Å²) in [7, 11) is 0. The van der Waals surface area contributed by atoms with Crippen LogP contribution in [0.25, 0.3) is 0 Å². The molecular formula is C15H23NO4. The Morgan fingerprint density at radius 2 is 1.85 bits per heavy atom. The maximum absolute atomic E-state index is 10.7. The van der Waals surface area contributed by atoms with Crippen molar-refractivity contribution in [3.63, 3.8) is 0 Å². The molecule has 0 saturated carbocycles. The molecule has 1 aromatic rings. The van der Waals surface area contributed by atoms with E-state index in [9.17, 15) is 4.79 Å². The number of hydrogen-bond acceptors (Lipinski definition) is 4. The number of nitrogens with one attached hydrogen (secondary N) is 1. The van der Waals surface area contributed by atoms with Crippen LogP contribution in [0.1, 0.15) is 28.4 Å². The molecule has 5 heteroatoms. The molecule has 1 aliphatic heterocycles. The van der Waals surface area contributed by atoms with E-state index in [1.165, 1.54) is 0 Å². The smallest absolute Gasteiger partial charge is 0.335 e. The molecule has 0 unspecified atom stereocenters. The maximum atomic E-state index is 10.7. The molecule has 0 radical (unpaired) electrons. The molecule has 1 aromatic carbocycles. The fraction of sp³-hybridized carbons (Fsp3) is 0.533. The Balaban J connectivity index is 0.000000276. The number of benzene rings is 1. The largest absolute Gasteiger partial charge is 0.493 e. The van der Waals surface area contributed by atoms with Gasteiger partial charge in [0.2, 0.25) is 0 Å². The first-order chi connectivity index (χ1) is 9.56. The first kappa shape index (κ1) is 16.5. The summed E-state index contributed by atoms with van der Waals surface area (Å²) in [5.41, 5.74) is 2.04. The Kier molecular flexibility index (Phi) is 7.04. The van der Waals surface area contributed by atoms with Crippen molar-refractivity contribution in [3.05, 3.63) is 28.8 Å². The number of carbonyl (C=O) groups is 1. The van der Waals surface area contributed by atoms with Crippen molar-refractivity contribution in [2.45, 2.75) is 20.8 Å². The second-order valence-corrected chi connectivity index (χ2v) is 4.54. The Labute approximate surface area is 119 Å². The molecule has 1 aliphatic rings. The predicted octanol–water partition coefficient (Wildman–Crippen LogP) is 2.01. The lowest BCUT2D eigenvalue weighted by Crippen LogP contribution is -2.30. The van der Waals surface area contributed by atoms with Gasteiger partial charge in [-0.1, -0.05) is 0 Å². The zero-order valence-electron chi connectivity index (χ0n) is 12.4. The van der Waals surface area contributed by atoms with E-state index in [4.69, 9.17) is 14.6 Å². The summed E-state index contributed by atoms with van der Waals surface area (Å²) in [6.45, 7) is 10.0. The lowest BCUT2D eigenvalue weighted by molar-refractivity contribution is 0.0696. The molecule has 0 aromatic heterocycles. The summed E-state index contributed by atoms with van der Waals surface area (Å²) in [6, 6.07) is 3.25. The highest BCUT2D eigenvalue weighted by molar-refractivity contribution is 5.88. The second kappa shape index (κ2) is 8.55. The monoisotopic (exact) mass is 281 g/mol. The van der Waals surface area contributed by atoms with Crippen molar-refractivity contribution in [1.82, 2.24) is 5.32 Å². The van der Waals surface area contributed by atoms with Crippen LogP contribution in [-0.4, -0.2) is 44.0 Å². The average molecular weight is 281 g/mol. The molecule has 5 nitrogen and oxygen atoms in total. The highest BCUT2D eigenvalue weighted by Crippen LogP contribution is 2.24. The van der Waals surface area contributed by atoms with E-state index in [-0.39, 0.29) is 0 Å². The molecular weight excluding hydrogens is 258 g/mol. The van der Waals surface area contributed by atoms with E-state index in [0.29, 0.717) is 12.2 Å². The molecule has 1 heterocycles. The Bertz CT molecular complexity index is 407. The third-order valence-corrected chi connectivity index (χ3v) is 2.84. The minimum atomic E-state index is -0.903.